The summed E-state index contributed by atoms with van der Waals surface area (Å²) in [7, 11) is 0. The van der Waals surface area contributed by atoms with Crippen molar-refractivity contribution in [3.8, 4) is 0 Å². The van der Waals surface area contributed by atoms with Crippen molar-refractivity contribution in [3.63, 3.8) is 0 Å². The highest BCUT2D eigenvalue weighted by atomic mass is 79.9. The van der Waals surface area contributed by atoms with Crippen LogP contribution in [-0.4, -0.2) is 6.04 Å². The van der Waals surface area contributed by atoms with Gasteiger partial charge in [0, 0.05) is 10.5 Å². The standard InChI is InChI=1S/C16H14Br2ClN/c17-12-6-4-10(5-7-12)11-8-13(9-11)20-15-3-1-2-14(19)16(15)18/h1-7,11,13,20H,8-9H2. The Hall–Kier alpha value is -0.510. The summed E-state index contributed by atoms with van der Waals surface area (Å²) < 4.78 is 2.09. The van der Waals surface area contributed by atoms with Crippen LogP contribution in [0, 0.1) is 0 Å². The fourth-order valence-electron chi connectivity index (χ4n) is 2.58. The van der Waals surface area contributed by atoms with Gasteiger partial charge in [0.05, 0.1) is 15.2 Å². The van der Waals surface area contributed by atoms with Gasteiger partial charge in [-0.15, -0.1) is 0 Å². The maximum atomic E-state index is 6.11. The van der Waals surface area contributed by atoms with Gasteiger partial charge in [0.2, 0.25) is 0 Å². The molecule has 1 saturated carbocycles. The molecule has 0 amide bonds. The normalized spacial score (nSPS) is 21.4. The monoisotopic (exact) mass is 413 g/mol. The van der Waals surface area contributed by atoms with Crippen LogP contribution in [0.5, 0.6) is 0 Å². The molecule has 4 heteroatoms. The van der Waals surface area contributed by atoms with Gasteiger partial charge in [0.15, 0.2) is 0 Å². The van der Waals surface area contributed by atoms with Crippen molar-refractivity contribution in [2.45, 2.75) is 24.8 Å². The number of benzene rings is 2. The Morgan fingerprint density at radius 1 is 1.00 bits per heavy atom. The van der Waals surface area contributed by atoms with Gasteiger partial charge in [-0.05, 0) is 64.5 Å². The van der Waals surface area contributed by atoms with Gasteiger partial charge in [0.25, 0.3) is 0 Å². The number of hydrogen-bond donors (Lipinski definition) is 1. The van der Waals surface area contributed by atoms with Crippen molar-refractivity contribution in [2.24, 2.45) is 0 Å². The lowest BCUT2D eigenvalue weighted by Crippen LogP contribution is -2.34. The SMILES string of the molecule is Clc1cccc(NC2CC(c3ccc(Br)cc3)C2)c1Br. The zero-order valence-corrected chi connectivity index (χ0v) is 14.7. The molecule has 2 aromatic carbocycles. The van der Waals surface area contributed by atoms with E-state index in [9.17, 15) is 0 Å². The van der Waals surface area contributed by atoms with Crippen LogP contribution in [0.15, 0.2) is 51.4 Å². The Morgan fingerprint density at radius 2 is 1.70 bits per heavy atom. The minimum atomic E-state index is 0.526. The molecule has 1 aliphatic carbocycles. The molecule has 3 rings (SSSR count). The maximum absolute atomic E-state index is 6.11. The first-order valence-corrected chi connectivity index (χ1v) is 8.56. The van der Waals surface area contributed by atoms with Crippen molar-refractivity contribution < 1.29 is 0 Å². The van der Waals surface area contributed by atoms with Gasteiger partial charge < -0.3 is 5.32 Å². The molecule has 1 N–H and O–H groups in total. The average Bonchev–Trinajstić information content (AvgIpc) is 2.39. The first-order chi connectivity index (χ1) is 9.63. The van der Waals surface area contributed by atoms with E-state index in [0.29, 0.717) is 12.0 Å². The summed E-state index contributed by atoms with van der Waals surface area (Å²) in [4.78, 5) is 0. The second kappa shape index (κ2) is 6.08. The molecule has 0 saturated heterocycles. The fraction of sp³-hybridized carbons (Fsp3) is 0.250. The molecule has 1 fully saturated rings. The molecule has 1 nitrogen and oxygen atoms in total. The third-order valence-corrected chi connectivity index (χ3v) is 5.72. The lowest BCUT2D eigenvalue weighted by molar-refractivity contribution is 0.374. The molecule has 0 aliphatic heterocycles. The lowest BCUT2D eigenvalue weighted by Gasteiger charge is -2.37. The molecule has 0 spiro atoms. The highest BCUT2D eigenvalue weighted by Gasteiger charge is 2.30. The summed E-state index contributed by atoms with van der Waals surface area (Å²) in [5.41, 5.74) is 2.51. The predicted octanol–water partition coefficient (Wildman–Crippen LogP) is 6.22. The van der Waals surface area contributed by atoms with Crippen molar-refractivity contribution in [1.29, 1.82) is 0 Å². The fourth-order valence-corrected chi connectivity index (χ4v) is 3.40. The van der Waals surface area contributed by atoms with E-state index in [1.165, 1.54) is 18.4 Å². The van der Waals surface area contributed by atoms with Gasteiger partial charge in [-0.1, -0.05) is 45.7 Å². The Balaban J connectivity index is 1.61. The van der Waals surface area contributed by atoms with Crippen molar-refractivity contribution >= 4 is 49.1 Å². The van der Waals surface area contributed by atoms with Gasteiger partial charge in [-0.25, -0.2) is 0 Å². The molecule has 2 aromatic rings. The first-order valence-electron chi connectivity index (χ1n) is 6.59. The topological polar surface area (TPSA) is 12.0 Å². The van der Waals surface area contributed by atoms with Gasteiger partial charge in [0.1, 0.15) is 0 Å². The third kappa shape index (κ3) is 3.05. The zero-order valence-electron chi connectivity index (χ0n) is 10.7. The summed E-state index contributed by atoms with van der Waals surface area (Å²) in [5, 5.41) is 4.31. The Bertz CT molecular complexity index is 606. The van der Waals surface area contributed by atoms with E-state index in [1.54, 1.807) is 0 Å². The molecule has 0 heterocycles. The van der Waals surface area contributed by atoms with Crippen LogP contribution < -0.4 is 5.32 Å². The summed E-state index contributed by atoms with van der Waals surface area (Å²) >= 11 is 13.1. The highest BCUT2D eigenvalue weighted by Crippen LogP contribution is 2.40. The van der Waals surface area contributed by atoms with Crippen molar-refractivity contribution in [3.05, 3.63) is 62.0 Å². The first kappa shape index (κ1) is 14.4. The van der Waals surface area contributed by atoms with E-state index < -0.39 is 0 Å². The third-order valence-electron chi connectivity index (χ3n) is 3.79. The summed E-state index contributed by atoms with van der Waals surface area (Å²) in [5.74, 6) is 0.665. The average molecular weight is 416 g/mol. The van der Waals surface area contributed by atoms with Gasteiger partial charge in [-0.3, -0.25) is 0 Å². The van der Waals surface area contributed by atoms with E-state index >= 15 is 0 Å². The lowest BCUT2D eigenvalue weighted by atomic mass is 9.76. The van der Waals surface area contributed by atoms with E-state index in [-0.39, 0.29) is 0 Å². The van der Waals surface area contributed by atoms with Crippen LogP contribution in [0.25, 0.3) is 0 Å². The molecular weight excluding hydrogens is 401 g/mol. The minimum Gasteiger partial charge on any atom is -0.381 e. The maximum Gasteiger partial charge on any atom is 0.0593 e. The number of nitrogens with one attached hydrogen (secondary N) is 1. The Kier molecular flexibility index (Phi) is 4.39. The van der Waals surface area contributed by atoms with Crippen LogP contribution in [0.1, 0.15) is 24.3 Å². The molecule has 104 valence electrons. The number of halogens is 3. The molecule has 0 bridgehead atoms. The smallest absolute Gasteiger partial charge is 0.0593 e. The molecule has 0 unspecified atom stereocenters. The largest absolute Gasteiger partial charge is 0.381 e. The molecule has 1 aliphatic rings. The zero-order chi connectivity index (χ0) is 14.1. The summed E-state index contributed by atoms with van der Waals surface area (Å²) in [6.45, 7) is 0. The minimum absolute atomic E-state index is 0.526. The van der Waals surface area contributed by atoms with Crippen LogP contribution >= 0.6 is 43.5 Å². The summed E-state index contributed by atoms with van der Waals surface area (Å²) in [6, 6.07) is 15.1. The van der Waals surface area contributed by atoms with Crippen LogP contribution in [0.3, 0.4) is 0 Å². The van der Waals surface area contributed by atoms with E-state index in [0.717, 1.165) is 19.7 Å². The van der Waals surface area contributed by atoms with Gasteiger partial charge >= 0.3 is 0 Å². The van der Waals surface area contributed by atoms with Crippen molar-refractivity contribution in [1.82, 2.24) is 0 Å². The number of rotatable bonds is 3. The van der Waals surface area contributed by atoms with Crippen LogP contribution in [-0.2, 0) is 0 Å². The van der Waals surface area contributed by atoms with E-state index in [2.05, 4.69) is 67.5 Å². The number of hydrogen-bond acceptors (Lipinski definition) is 1. The molecule has 0 atom stereocenters. The van der Waals surface area contributed by atoms with Gasteiger partial charge in [-0.2, -0.15) is 0 Å². The molecular formula is C16H14Br2ClN. The summed E-state index contributed by atoms with van der Waals surface area (Å²) in [6.07, 6.45) is 2.33. The Labute approximate surface area is 141 Å². The second-order valence-corrected chi connectivity index (χ2v) is 7.28. The highest BCUT2D eigenvalue weighted by molar-refractivity contribution is 9.11. The molecule has 20 heavy (non-hydrogen) atoms. The quantitative estimate of drug-likeness (QED) is 0.627. The predicted molar refractivity (Wildman–Crippen MR) is 92.7 cm³/mol. The van der Waals surface area contributed by atoms with E-state index in [1.807, 2.05) is 12.1 Å². The number of anilines is 1. The van der Waals surface area contributed by atoms with Crippen LogP contribution in [0.4, 0.5) is 5.69 Å². The van der Waals surface area contributed by atoms with Crippen LogP contribution in [0.2, 0.25) is 5.02 Å². The van der Waals surface area contributed by atoms with E-state index in [4.69, 9.17) is 11.6 Å². The van der Waals surface area contributed by atoms with Crippen molar-refractivity contribution in [2.75, 3.05) is 5.32 Å². The molecule has 0 radical (unpaired) electrons. The molecule has 0 aromatic heterocycles. The second-order valence-electron chi connectivity index (χ2n) is 5.16. The Morgan fingerprint density at radius 3 is 2.40 bits per heavy atom.